The third-order valence-electron chi connectivity index (χ3n) is 3.56. The average Bonchev–Trinajstić information content (AvgIpc) is 3.17. The van der Waals surface area contributed by atoms with E-state index in [0.717, 1.165) is 12.2 Å². The molecule has 3 nitrogen and oxygen atoms in total. The van der Waals surface area contributed by atoms with Crippen LogP contribution in [0.5, 0.6) is 0 Å². The van der Waals surface area contributed by atoms with E-state index in [4.69, 9.17) is 14.9 Å². The molecule has 3 heteroatoms. The molecule has 1 saturated carbocycles. The molecule has 0 aliphatic heterocycles. The zero-order valence-electron chi connectivity index (χ0n) is 10.8. The molecule has 0 unspecified atom stereocenters. The van der Waals surface area contributed by atoms with E-state index in [1.807, 2.05) is 42.5 Å². The minimum Gasteiger partial charge on any atom is -0.461 e. The lowest BCUT2D eigenvalue weighted by Gasteiger charge is -1.97. The summed E-state index contributed by atoms with van der Waals surface area (Å²) in [6.07, 6.45) is 2.56. The van der Waals surface area contributed by atoms with Gasteiger partial charge in [0, 0.05) is 12.0 Å². The molecule has 0 amide bonds. The minimum absolute atomic E-state index is 0.0568. The molecule has 1 aromatic heterocycles. The van der Waals surface area contributed by atoms with Gasteiger partial charge >= 0.3 is 0 Å². The summed E-state index contributed by atoms with van der Waals surface area (Å²) in [5, 5.41) is 17.4. The van der Waals surface area contributed by atoms with E-state index in [9.17, 15) is 0 Å². The Hall–Kier alpha value is -2.78. The Morgan fingerprint density at radius 3 is 2.50 bits per heavy atom. The van der Waals surface area contributed by atoms with Gasteiger partial charge in [0.05, 0.1) is 0 Å². The van der Waals surface area contributed by atoms with Gasteiger partial charge in [0.15, 0.2) is 0 Å². The van der Waals surface area contributed by atoms with Crippen molar-refractivity contribution in [1.82, 2.24) is 0 Å². The topological polar surface area (TPSA) is 60.7 Å². The summed E-state index contributed by atoms with van der Waals surface area (Å²) in [5.41, 5.74) is 1.39. The second kappa shape index (κ2) is 5.07. The van der Waals surface area contributed by atoms with Crippen LogP contribution in [-0.4, -0.2) is 0 Å². The number of rotatable bonds is 3. The summed E-state index contributed by atoms with van der Waals surface area (Å²) < 4.78 is 5.71. The Balaban J connectivity index is 1.76. The first kappa shape index (κ1) is 12.3. The quantitative estimate of drug-likeness (QED) is 0.784. The Kier molecular flexibility index (Phi) is 3.11. The van der Waals surface area contributed by atoms with Crippen LogP contribution in [-0.2, 0) is 0 Å². The van der Waals surface area contributed by atoms with Crippen LogP contribution in [0.3, 0.4) is 0 Å². The zero-order valence-corrected chi connectivity index (χ0v) is 10.8. The zero-order chi connectivity index (χ0) is 13.9. The molecule has 1 aliphatic rings. The maximum atomic E-state index is 8.72. The van der Waals surface area contributed by atoms with Crippen molar-refractivity contribution in [2.24, 2.45) is 0 Å². The van der Waals surface area contributed by atoms with Crippen molar-refractivity contribution in [3.8, 4) is 12.1 Å². The van der Waals surface area contributed by atoms with E-state index < -0.39 is 0 Å². The van der Waals surface area contributed by atoms with Gasteiger partial charge in [0.25, 0.3) is 0 Å². The van der Waals surface area contributed by atoms with Gasteiger partial charge in [0.2, 0.25) is 0 Å². The van der Waals surface area contributed by atoms with Gasteiger partial charge in [-0.05, 0) is 30.0 Å². The average molecular weight is 260 g/mol. The van der Waals surface area contributed by atoms with Gasteiger partial charge in [-0.3, -0.25) is 0 Å². The number of furan rings is 1. The van der Waals surface area contributed by atoms with Gasteiger partial charge in [-0.2, -0.15) is 10.5 Å². The highest BCUT2D eigenvalue weighted by Crippen LogP contribution is 2.54. The van der Waals surface area contributed by atoms with Crippen molar-refractivity contribution in [3.63, 3.8) is 0 Å². The smallest absolute Gasteiger partial charge is 0.133 e. The molecule has 1 fully saturated rings. The van der Waals surface area contributed by atoms with Gasteiger partial charge in [-0.25, -0.2) is 0 Å². The SMILES string of the molecule is N#CC(C#N)=Cc1ccc([C@@H]2C[C@@H]2c2ccccc2)o1. The highest BCUT2D eigenvalue weighted by Gasteiger charge is 2.41. The summed E-state index contributed by atoms with van der Waals surface area (Å²) in [7, 11) is 0. The summed E-state index contributed by atoms with van der Waals surface area (Å²) >= 11 is 0. The van der Waals surface area contributed by atoms with Crippen molar-refractivity contribution < 1.29 is 4.42 Å². The second-order valence-electron chi connectivity index (χ2n) is 4.88. The van der Waals surface area contributed by atoms with Crippen LogP contribution in [0.2, 0.25) is 0 Å². The highest BCUT2D eigenvalue weighted by molar-refractivity contribution is 5.59. The molecule has 0 N–H and O–H groups in total. The first-order valence-corrected chi connectivity index (χ1v) is 6.48. The van der Waals surface area contributed by atoms with Crippen LogP contribution in [0.25, 0.3) is 6.08 Å². The minimum atomic E-state index is 0.0568. The summed E-state index contributed by atoms with van der Waals surface area (Å²) in [5.74, 6) is 2.43. The van der Waals surface area contributed by atoms with Gasteiger partial charge in [-0.15, -0.1) is 0 Å². The summed E-state index contributed by atoms with van der Waals surface area (Å²) in [6, 6.07) is 17.8. The summed E-state index contributed by atoms with van der Waals surface area (Å²) in [6.45, 7) is 0. The lowest BCUT2D eigenvalue weighted by Crippen LogP contribution is -1.81. The van der Waals surface area contributed by atoms with Crippen molar-refractivity contribution >= 4 is 6.08 Å². The van der Waals surface area contributed by atoms with E-state index in [-0.39, 0.29) is 5.57 Å². The first-order valence-electron chi connectivity index (χ1n) is 6.48. The molecule has 0 bridgehead atoms. The Labute approximate surface area is 117 Å². The third kappa shape index (κ3) is 2.35. The monoisotopic (exact) mass is 260 g/mol. The van der Waals surface area contributed by atoms with E-state index >= 15 is 0 Å². The fourth-order valence-electron chi connectivity index (χ4n) is 2.46. The van der Waals surface area contributed by atoms with Gasteiger partial charge < -0.3 is 4.42 Å². The predicted molar refractivity (Wildman–Crippen MR) is 74.5 cm³/mol. The van der Waals surface area contributed by atoms with E-state index in [2.05, 4.69) is 12.1 Å². The molecule has 1 heterocycles. The van der Waals surface area contributed by atoms with Crippen LogP contribution in [0.15, 0.2) is 52.5 Å². The van der Waals surface area contributed by atoms with Crippen LogP contribution in [0, 0.1) is 22.7 Å². The van der Waals surface area contributed by atoms with Crippen LogP contribution >= 0.6 is 0 Å². The molecule has 20 heavy (non-hydrogen) atoms. The molecule has 1 aliphatic carbocycles. The van der Waals surface area contributed by atoms with Gasteiger partial charge in [0.1, 0.15) is 29.2 Å². The van der Waals surface area contributed by atoms with Crippen molar-refractivity contribution in [3.05, 3.63) is 65.1 Å². The van der Waals surface area contributed by atoms with E-state index in [1.165, 1.54) is 11.6 Å². The van der Waals surface area contributed by atoms with E-state index in [1.54, 1.807) is 0 Å². The standard InChI is InChI=1S/C17H12N2O/c18-10-12(11-19)8-14-6-7-17(20-14)16-9-15(16)13-4-2-1-3-5-13/h1-8,15-16H,9H2/t15-,16-/m1/s1. The molecule has 0 spiro atoms. The number of benzene rings is 1. The number of hydrogen-bond acceptors (Lipinski definition) is 3. The molecule has 0 saturated heterocycles. The highest BCUT2D eigenvalue weighted by atomic mass is 16.3. The van der Waals surface area contributed by atoms with Crippen molar-refractivity contribution in [1.29, 1.82) is 10.5 Å². The summed E-state index contributed by atoms with van der Waals surface area (Å²) in [4.78, 5) is 0. The normalized spacial score (nSPS) is 19.7. The van der Waals surface area contributed by atoms with Crippen LogP contribution in [0.1, 0.15) is 35.3 Å². The third-order valence-corrected chi connectivity index (χ3v) is 3.56. The van der Waals surface area contributed by atoms with Gasteiger partial charge in [-0.1, -0.05) is 30.3 Å². The Morgan fingerprint density at radius 1 is 1.05 bits per heavy atom. The number of nitriles is 2. The molecule has 2 atom stereocenters. The fraction of sp³-hybridized carbons (Fsp3) is 0.176. The molecule has 2 aromatic rings. The molecule has 0 radical (unpaired) electrons. The predicted octanol–water partition coefficient (Wildman–Crippen LogP) is 3.98. The lowest BCUT2D eigenvalue weighted by molar-refractivity contribution is 0.501. The molecule has 3 rings (SSSR count). The number of allylic oxidation sites excluding steroid dienone is 1. The van der Waals surface area contributed by atoms with Crippen molar-refractivity contribution in [2.75, 3.05) is 0 Å². The lowest BCUT2D eigenvalue weighted by atomic mass is 10.1. The first-order chi connectivity index (χ1) is 9.81. The second-order valence-corrected chi connectivity index (χ2v) is 4.88. The fourth-order valence-corrected chi connectivity index (χ4v) is 2.46. The van der Waals surface area contributed by atoms with Crippen LogP contribution in [0.4, 0.5) is 0 Å². The number of hydrogen-bond donors (Lipinski definition) is 0. The Morgan fingerprint density at radius 2 is 1.80 bits per heavy atom. The maximum Gasteiger partial charge on any atom is 0.133 e. The van der Waals surface area contributed by atoms with Crippen LogP contribution < -0.4 is 0 Å². The van der Waals surface area contributed by atoms with Crippen molar-refractivity contribution in [2.45, 2.75) is 18.3 Å². The maximum absolute atomic E-state index is 8.72. The largest absolute Gasteiger partial charge is 0.461 e. The van der Waals surface area contributed by atoms with E-state index in [0.29, 0.717) is 17.6 Å². The Bertz CT molecular complexity index is 712. The molecular weight excluding hydrogens is 248 g/mol. The number of nitrogens with zero attached hydrogens (tertiary/aromatic N) is 2. The molecular formula is C17H12N2O. The molecule has 1 aromatic carbocycles. The molecule has 96 valence electrons.